The molecule has 7 heteroatoms. The number of hydrogen-bond acceptors (Lipinski definition) is 4. The van der Waals surface area contributed by atoms with E-state index < -0.39 is 10.0 Å². The molecule has 0 aromatic heterocycles. The number of nitrogens with zero attached hydrogens (tertiary/aromatic N) is 2. The van der Waals surface area contributed by atoms with Gasteiger partial charge in [0.15, 0.2) is 0 Å². The van der Waals surface area contributed by atoms with Crippen molar-refractivity contribution in [3.05, 3.63) is 35.4 Å². The molecule has 6 nitrogen and oxygen atoms in total. The third-order valence-corrected chi connectivity index (χ3v) is 5.65. The number of nitrogens with one attached hydrogen (secondary N) is 1. The summed E-state index contributed by atoms with van der Waals surface area (Å²) in [6.45, 7) is 9.54. The SMILES string of the molecule is CCN(Cc1ccc(C(=O)N2CCC(NS(C)(=O)=O)CC2)cc1)C(C)C. The second-order valence-corrected chi connectivity index (χ2v) is 9.09. The summed E-state index contributed by atoms with van der Waals surface area (Å²) >= 11 is 0. The van der Waals surface area contributed by atoms with E-state index in [0.717, 1.165) is 13.1 Å². The van der Waals surface area contributed by atoms with E-state index in [4.69, 9.17) is 0 Å². The highest BCUT2D eigenvalue weighted by Gasteiger charge is 2.25. The highest BCUT2D eigenvalue weighted by atomic mass is 32.2. The summed E-state index contributed by atoms with van der Waals surface area (Å²) in [6.07, 6.45) is 2.47. The number of amides is 1. The van der Waals surface area contributed by atoms with Crippen LogP contribution in [0.3, 0.4) is 0 Å². The number of likely N-dealkylation sites (tertiary alicyclic amines) is 1. The Morgan fingerprint density at radius 1 is 1.23 bits per heavy atom. The molecule has 0 spiro atoms. The van der Waals surface area contributed by atoms with Crippen LogP contribution < -0.4 is 4.72 Å². The van der Waals surface area contributed by atoms with Gasteiger partial charge in [-0.2, -0.15) is 0 Å². The first-order valence-electron chi connectivity index (χ1n) is 9.29. The van der Waals surface area contributed by atoms with Crippen LogP contribution >= 0.6 is 0 Å². The molecule has 0 aliphatic carbocycles. The Labute approximate surface area is 157 Å². The molecule has 26 heavy (non-hydrogen) atoms. The average Bonchev–Trinajstić information content (AvgIpc) is 2.58. The van der Waals surface area contributed by atoms with Crippen LogP contribution in [0.15, 0.2) is 24.3 Å². The van der Waals surface area contributed by atoms with Gasteiger partial charge in [-0.1, -0.05) is 19.1 Å². The minimum absolute atomic E-state index is 0.0190. The normalized spacial score (nSPS) is 16.5. The molecule has 1 heterocycles. The second kappa shape index (κ2) is 8.97. The van der Waals surface area contributed by atoms with Crippen molar-refractivity contribution in [2.75, 3.05) is 25.9 Å². The lowest BCUT2D eigenvalue weighted by atomic mass is 10.0. The molecule has 146 valence electrons. The Bertz CT molecular complexity index is 693. The van der Waals surface area contributed by atoms with Crippen LogP contribution in [0.2, 0.25) is 0 Å². The Kier molecular flexibility index (Phi) is 7.20. The Balaban J connectivity index is 1.92. The predicted octanol–water partition coefficient (Wildman–Crippen LogP) is 2.07. The quantitative estimate of drug-likeness (QED) is 0.785. The lowest BCUT2D eigenvalue weighted by Crippen LogP contribution is -2.46. The van der Waals surface area contributed by atoms with Crippen LogP contribution in [0.5, 0.6) is 0 Å². The molecule has 1 amide bonds. The molecule has 1 N–H and O–H groups in total. The van der Waals surface area contributed by atoms with Gasteiger partial charge in [-0.25, -0.2) is 13.1 Å². The summed E-state index contributed by atoms with van der Waals surface area (Å²) in [4.78, 5) is 16.8. The second-order valence-electron chi connectivity index (χ2n) is 7.31. The maximum absolute atomic E-state index is 12.7. The molecule has 2 rings (SSSR count). The van der Waals surface area contributed by atoms with Crippen LogP contribution in [0.25, 0.3) is 0 Å². The van der Waals surface area contributed by atoms with Gasteiger partial charge in [-0.15, -0.1) is 0 Å². The minimum Gasteiger partial charge on any atom is -0.339 e. The highest BCUT2D eigenvalue weighted by Crippen LogP contribution is 2.16. The lowest BCUT2D eigenvalue weighted by Gasteiger charge is -2.32. The van der Waals surface area contributed by atoms with Crippen molar-refractivity contribution in [2.45, 2.75) is 52.2 Å². The van der Waals surface area contributed by atoms with E-state index in [1.54, 1.807) is 0 Å². The van der Waals surface area contributed by atoms with E-state index in [1.807, 2.05) is 29.2 Å². The molecule has 1 aromatic rings. The van der Waals surface area contributed by atoms with Crippen molar-refractivity contribution < 1.29 is 13.2 Å². The van der Waals surface area contributed by atoms with Crippen molar-refractivity contribution in [1.82, 2.24) is 14.5 Å². The largest absolute Gasteiger partial charge is 0.339 e. The fourth-order valence-electron chi connectivity index (χ4n) is 3.33. The van der Waals surface area contributed by atoms with Gasteiger partial charge >= 0.3 is 0 Å². The third kappa shape index (κ3) is 6.07. The zero-order valence-electron chi connectivity index (χ0n) is 16.2. The van der Waals surface area contributed by atoms with Crippen LogP contribution in [-0.2, 0) is 16.6 Å². The van der Waals surface area contributed by atoms with E-state index in [-0.39, 0.29) is 11.9 Å². The van der Waals surface area contributed by atoms with E-state index >= 15 is 0 Å². The van der Waals surface area contributed by atoms with Gasteiger partial charge in [-0.05, 0) is 50.9 Å². The summed E-state index contributed by atoms with van der Waals surface area (Å²) < 4.78 is 25.3. The Morgan fingerprint density at radius 2 is 1.81 bits per heavy atom. The number of rotatable bonds is 7. The van der Waals surface area contributed by atoms with Crippen LogP contribution in [0.1, 0.15) is 49.5 Å². The van der Waals surface area contributed by atoms with Gasteiger partial charge in [0, 0.05) is 37.3 Å². The highest BCUT2D eigenvalue weighted by molar-refractivity contribution is 7.88. The van der Waals surface area contributed by atoms with Gasteiger partial charge in [0.25, 0.3) is 5.91 Å². The standard InChI is InChI=1S/C19H31N3O3S/c1-5-21(15(2)3)14-16-6-8-17(9-7-16)19(23)22-12-10-18(11-13-22)20-26(4,24)25/h6-9,15,18,20H,5,10-14H2,1-4H3. The van der Waals surface area contributed by atoms with Crippen molar-refractivity contribution in [3.63, 3.8) is 0 Å². The number of hydrogen-bond donors (Lipinski definition) is 1. The van der Waals surface area contributed by atoms with Gasteiger partial charge < -0.3 is 4.90 Å². The lowest BCUT2D eigenvalue weighted by molar-refractivity contribution is 0.0711. The smallest absolute Gasteiger partial charge is 0.253 e. The Hall–Kier alpha value is -1.44. The molecule has 0 radical (unpaired) electrons. The molecule has 1 aliphatic heterocycles. The van der Waals surface area contributed by atoms with Gasteiger partial charge in [0.2, 0.25) is 10.0 Å². The molecular weight excluding hydrogens is 350 g/mol. The van der Waals surface area contributed by atoms with Crippen molar-refractivity contribution >= 4 is 15.9 Å². The van der Waals surface area contributed by atoms with Gasteiger partial charge in [0.05, 0.1) is 6.26 Å². The molecule has 0 bridgehead atoms. The number of piperidine rings is 1. The average molecular weight is 382 g/mol. The van der Waals surface area contributed by atoms with E-state index in [0.29, 0.717) is 37.5 Å². The molecule has 0 unspecified atom stereocenters. The molecule has 1 saturated heterocycles. The number of carbonyl (C=O) groups is 1. The van der Waals surface area contributed by atoms with E-state index in [9.17, 15) is 13.2 Å². The minimum atomic E-state index is -3.19. The summed E-state index contributed by atoms with van der Waals surface area (Å²) in [5.74, 6) is 0.0190. The first-order chi connectivity index (χ1) is 12.2. The molecule has 1 aliphatic rings. The van der Waals surface area contributed by atoms with Gasteiger partial charge in [-0.3, -0.25) is 9.69 Å². The molecule has 1 aromatic carbocycles. The van der Waals surface area contributed by atoms with E-state index in [1.165, 1.54) is 11.8 Å². The fraction of sp³-hybridized carbons (Fsp3) is 0.632. The summed E-state index contributed by atoms with van der Waals surface area (Å²) in [5.41, 5.74) is 1.89. The van der Waals surface area contributed by atoms with Crippen LogP contribution in [0, 0.1) is 0 Å². The number of sulfonamides is 1. The topological polar surface area (TPSA) is 69.7 Å². The first kappa shape index (κ1) is 20.9. The molecule has 0 atom stereocenters. The number of carbonyl (C=O) groups excluding carboxylic acids is 1. The first-order valence-corrected chi connectivity index (χ1v) is 11.2. The summed E-state index contributed by atoms with van der Waals surface area (Å²) in [5, 5.41) is 0. The molecular formula is C19H31N3O3S. The Morgan fingerprint density at radius 3 is 2.27 bits per heavy atom. The third-order valence-electron chi connectivity index (χ3n) is 4.89. The number of benzene rings is 1. The van der Waals surface area contributed by atoms with Crippen LogP contribution in [0.4, 0.5) is 0 Å². The summed E-state index contributed by atoms with van der Waals surface area (Å²) in [7, 11) is -3.19. The fourth-order valence-corrected chi connectivity index (χ4v) is 4.17. The maximum atomic E-state index is 12.7. The van der Waals surface area contributed by atoms with Crippen molar-refractivity contribution in [2.24, 2.45) is 0 Å². The zero-order chi connectivity index (χ0) is 19.3. The predicted molar refractivity (Wildman–Crippen MR) is 105 cm³/mol. The van der Waals surface area contributed by atoms with Crippen LogP contribution in [-0.4, -0.2) is 62.1 Å². The molecule has 1 fully saturated rings. The van der Waals surface area contributed by atoms with E-state index in [2.05, 4.69) is 30.4 Å². The van der Waals surface area contributed by atoms with Crippen molar-refractivity contribution in [1.29, 1.82) is 0 Å². The maximum Gasteiger partial charge on any atom is 0.253 e. The summed E-state index contributed by atoms with van der Waals surface area (Å²) in [6, 6.07) is 8.25. The van der Waals surface area contributed by atoms with Crippen molar-refractivity contribution in [3.8, 4) is 0 Å². The zero-order valence-corrected chi connectivity index (χ0v) is 17.1. The molecule has 0 saturated carbocycles. The van der Waals surface area contributed by atoms with Gasteiger partial charge in [0.1, 0.15) is 0 Å². The monoisotopic (exact) mass is 381 g/mol.